The summed E-state index contributed by atoms with van der Waals surface area (Å²) in [5, 5.41) is 0. The van der Waals surface area contributed by atoms with Crippen LogP contribution < -0.4 is 10.5 Å². The van der Waals surface area contributed by atoms with Crippen LogP contribution in [0.4, 0.5) is 4.39 Å². The second-order valence-corrected chi connectivity index (χ2v) is 5.83. The maximum Gasteiger partial charge on any atom is 0.231 e. The molecule has 1 aliphatic rings. The van der Waals surface area contributed by atoms with E-state index in [0.717, 1.165) is 25.1 Å². The van der Waals surface area contributed by atoms with E-state index in [4.69, 9.17) is 10.5 Å². The van der Waals surface area contributed by atoms with Crippen molar-refractivity contribution in [2.45, 2.75) is 25.8 Å². The first kappa shape index (κ1) is 16.3. The number of carbonyl (C=O) groups is 1. The molecule has 6 nitrogen and oxygen atoms in total. The monoisotopic (exact) mass is 330 g/mol. The fraction of sp³-hybridized carbons (Fsp3) is 0.353. The largest absolute Gasteiger partial charge is 0.436 e. The Balaban J connectivity index is 1.86. The lowest BCUT2D eigenvalue weighted by Crippen LogP contribution is -2.34. The molecule has 2 heterocycles. The Morgan fingerprint density at radius 1 is 1.42 bits per heavy atom. The van der Waals surface area contributed by atoms with Gasteiger partial charge in [0, 0.05) is 11.8 Å². The third kappa shape index (κ3) is 3.68. The summed E-state index contributed by atoms with van der Waals surface area (Å²) in [6.45, 7) is 2.77. The highest BCUT2D eigenvalue weighted by atomic mass is 19.1. The van der Waals surface area contributed by atoms with Gasteiger partial charge in [0.2, 0.25) is 11.8 Å². The number of likely N-dealkylation sites (tertiary alicyclic amines) is 1. The van der Waals surface area contributed by atoms with Gasteiger partial charge >= 0.3 is 0 Å². The molecule has 126 valence electrons. The Morgan fingerprint density at radius 3 is 2.96 bits per heavy atom. The van der Waals surface area contributed by atoms with E-state index in [9.17, 15) is 9.18 Å². The minimum atomic E-state index is -0.452. The number of aryl methyl sites for hydroxylation is 1. The fourth-order valence-electron chi connectivity index (χ4n) is 2.91. The molecule has 7 heteroatoms. The second kappa shape index (κ2) is 6.92. The zero-order valence-corrected chi connectivity index (χ0v) is 13.4. The number of rotatable bonds is 5. The first-order valence-corrected chi connectivity index (χ1v) is 7.83. The van der Waals surface area contributed by atoms with Gasteiger partial charge in [0.15, 0.2) is 11.6 Å². The summed E-state index contributed by atoms with van der Waals surface area (Å²) in [6.07, 6.45) is 1.79. The predicted octanol–water partition coefficient (Wildman–Crippen LogP) is 2.34. The van der Waals surface area contributed by atoms with Crippen LogP contribution in [0.15, 0.2) is 30.3 Å². The van der Waals surface area contributed by atoms with Crippen LogP contribution in [0.25, 0.3) is 0 Å². The molecule has 2 N–H and O–H groups in total. The lowest BCUT2D eigenvalue weighted by atomic mass is 10.2. The topological polar surface area (TPSA) is 81.3 Å². The average Bonchev–Trinajstić information content (AvgIpc) is 2.96. The molecule has 1 aromatic carbocycles. The van der Waals surface area contributed by atoms with Crippen molar-refractivity contribution in [1.82, 2.24) is 14.9 Å². The number of aromatic nitrogens is 2. The molecule has 0 radical (unpaired) electrons. The maximum atomic E-state index is 13.8. The van der Waals surface area contributed by atoms with Gasteiger partial charge in [-0.1, -0.05) is 12.1 Å². The van der Waals surface area contributed by atoms with E-state index in [1.165, 1.54) is 6.07 Å². The minimum Gasteiger partial charge on any atom is -0.436 e. The number of nitrogens with zero attached hydrogens (tertiary/aromatic N) is 3. The zero-order chi connectivity index (χ0) is 17.1. The lowest BCUT2D eigenvalue weighted by Gasteiger charge is -2.22. The van der Waals surface area contributed by atoms with Crippen LogP contribution in [-0.4, -0.2) is 33.9 Å². The van der Waals surface area contributed by atoms with Crippen LogP contribution in [0, 0.1) is 12.7 Å². The van der Waals surface area contributed by atoms with Gasteiger partial charge < -0.3 is 10.5 Å². The van der Waals surface area contributed by atoms with Crippen molar-refractivity contribution in [2.24, 2.45) is 5.73 Å². The Hall–Kier alpha value is -2.54. The van der Waals surface area contributed by atoms with E-state index in [-0.39, 0.29) is 30.1 Å². The number of hydrogen-bond donors (Lipinski definition) is 1. The third-order valence-corrected chi connectivity index (χ3v) is 3.92. The van der Waals surface area contributed by atoms with E-state index < -0.39 is 5.82 Å². The van der Waals surface area contributed by atoms with Crippen molar-refractivity contribution in [3.63, 3.8) is 0 Å². The zero-order valence-electron chi connectivity index (χ0n) is 13.4. The summed E-state index contributed by atoms with van der Waals surface area (Å²) in [5.41, 5.74) is 6.02. The summed E-state index contributed by atoms with van der Waals surface area (Å²) in [5.74, 6) is 0.138. The average molecular weight is 330 g/mol. The number of benzene rings is 1. The van der Waals surface area contributed by atoms with E-state index in [1.54, 1.807) is 24.3 Å². The van der Waals surface area contributed by atoms with Gasteiger partial charge in [-0.05, 0) is 38.4 Å². The summed E-state index contributed by atoms with van der Waals surface area (Å²) in [7, 11) is 0. The first-order valence-electron chi connectivity index (χ1n) is 7.83. The van der Waals surface area contributed by atoms with Crippen molar-refractivity contribution in [1.29, 1.82) is 0 Å². The van der Waals surface area contributed by atoms with Crippen molar-refractivity contribution >= 4 is 5.91 Å². The van der Waals surface area contributed by atoms with Gasteiger partial charge in [0.25, 0.3) is 0 Å². The molecular weight excluding hydrogens is 311 g/mol. The highest BCUT2D eigenvalue weighted by Gasteiger charge is 2.29. The fourth-order valence-corrected chi connectivity index (χ4v) is 2.91. The van der Waals surface area contributed by atoms with Gasteiger partial charge in [0.05, 0.1) is 12.6 Å². The van der Waals surface area contributed by atoms with Crippen LogP contribution in [-0.2, 0) is 4.79 Å². The third-order valence-electron chi connectivity index (χ3n) is 3.92. The van der Waals surface area contributed by atoms with E-state index in [1.807, 2.05) is 11.8 Å². The van der Waals surface area contributed by atoms with Gasteiger partial charge in [-0.3, -0.25) is 9.69 Å². The number of carbonyl (C=O) groups excluding carboxylic acids is 1. The molecular formula is C17H19FN4O2. The van der Waals surface area contributed by atoms with Gasteiger partial charge in [-0.2, -0.15) is 4.98 Å². The summed E-state index contributed by atoms with van der Waals surface area (Å²) in [4.78, 5) is 22.1. The molecule has 2 aromatic rings. The van der Waals surface area contributed by atoms with Crippen molar-refractivity contribution in [2.75, 3.05) is 13.1 Å². The molecule has 1 saturated heterocycles. The smallest absolute Gasteiger partial charge is 0.231 e. The predicted molar refractivity (Wildman–Crippen MR) is 86.0 cm³/mol. The van der Waals surface area contributed by atoms with Crippen LogP contribution >= 0.6 is 0 Å². The Labute approximate surface area is 139 Å². The molecule has 24 heavy (non-hydrogen) atoms. The molecule has 0 spiro atoms. The number of primary amides is 1. The number of nitrogens with two attached hydrogens (primary N) is 1. The number of amides is 1. The van der Waals surface area contributed by atoms with E-state index >= 15 is 0 Å². The highest BCUT2D eigenvalue weighted by Crippen LogP contribution is 2.31. The quantitative estimate of drug-likeness (QED) is 0.910. The van der Waals surface area contributed by atoms with Crippen LogP contribution in [0.1, 0.15) is 30.4 Å². The summed E-state index contributed by atoms with van der Waals surface area (Å²) in [6, 6.07) is 7.74. The second-order valence-electron chi connectivity index (χ2n) is 5.83. The summed E-state index contributed by atoms with van der Waals surface area (Å²) >= 11 is 0. The Kier molecular flexibility index (Phi) is 4.71. The normalized spacial score (nSPS) is 17.8. The van der Waals surface area contributed by atoms with Crippen LogP contribution in [0.2, 0.25) is 0 Å². The lowest BCUT2D eigenvalue weighted by molar-refractivity contribution is -0.119. The molecule has 0 saturated carbocycles. The standard InChI is InChI=1S/C17H19FN4O2/c1-11-9-16(24-14-7-3-2-5-12(14)18)21-17(20-11)13-6-4-8-22(13)10-15(19)23/h2-3,5,7,9,13H,4,6,8,10H2,1H3,(H2,19,23)/t13-/m1/s1. The SMILES string of the molecule is Cc1cc(Oc2ccccc2F)nc([C@H]2CCCN2CC(N)=O)n1. The van der Waals surface area contributed by atoms with Crippen LogP contribution in [0.3, 0.4) is 0 Å². The molecule has 1 amide bonds. The molecule has 1 fully saturated rings. The number of halogens is 1. The Morgan fingerprint density at radius 2 is 2.21 bits per heavy atom. The van der Waals surface area contributed by atoms with Crippen molar-refractivity contribution < 1.29 is 13.9 Å². The van der Waals surface area contributed by atoms with Crippen molar-refractivity contribution in [3.05, 3.63) is 47.7 Å². The maximum absolute atomic E-state index is 13.8. The van der Waals surface area contributed by atoms with E-state index in [0.29, 0.717) is 5.82 Å². The van der Waals surface area contributed by atoms with Crippen LogP contribution in [0.5, 0.6) is 11.6 Å². The first-order chi connectivity index (χ1) is 11.5. The Bertz CT molecular complexity index is 753. The number of ether oxygens (including phenoxy) is 1. The highest BCUT2D eigenvalue weighted by molar-refractivity contribution is 5.76. The molecule has 0 bridgehead atoms. The van der Waals surface area contributed by atoms with Gasteiger partial charge in [-0.25, -0.2) is 9.37 Å². The molecule has 3 rings (SSSR count). The molecule has 1 aliphatic heterocycles. The molecule has 0 unspecified atom stereocenters. The summed E-state index contributed by atoms with van der Waals surface area (Å²) < 4.78 is 19.3. The number of hydrogen-bond acceptors (Lipinski definition) is 5. The van der Waals surface area contributed by atoms with Gasteiger partial charge in [0.1, 0.15) is 5.82 Å². The van der Waals surface area contributed by atoms with E-state index in [2.05, 4.69) is 9.97 Å². The minimum absolute atomic E-state index is 0.0830. The molecule has 1 aromatic heterocycles. The molecule has 1 atom stereocenters. The number of para-hydroxylation sites is 1. The van der Waals surface area contributed by atoms with Gasteiger partial charge in [-0.15, -0.1) is 0 Å². The van der Waals surface area contributed by atoms with Crippen molar-refractivity contribution in [3.8, 4) is 11.6 Å². The molecule has 0 aliphatic carbocycles.